The van der Waals surface area contributed by atoms with E-state index in [9.17, 15) is 0 Å². The van der Waals surface area contributed by atoms with Crippen molar-refractivity contribution in [3.05, 3.63) is 24.0 Å². The van der Waals surface area contributed by atoms with Crippen molar-refractivity contribution in [1.29, 1.82) is 0 Å². The van der Waals surface area contributed by atoms with Crippen LogP contribution in [0.5, 0.6) is 0 Å². The molecule has 3 nitrogen and oxygen atoms in total. The highest BCUT2D eigenvalue weighted by Gasteiger charge is 2.34. The summed E-state index contributed by atoms with van der Waals surface area (Å²) < 4.78 is 0. The second-order valence-corrected chi connectivity index (χ2v) is 7.60. The monoisotopic (exact) mass is 287 g/mol. The van der Waals surface area contributed by atoms with Crippen molar-refractivity contribution in [2.45, 2.75) is 52.5 Å². The van der Waals surface area contributed by atoms with Crippen LogP contribution in [-0.4, -0.2) is 42.1 Å². The molecule has 0 spiro atoms. The highest BCUT2D eigenvalue weighted by Crippen LogP contribution is 2.39. The van der Waals surface area contributed by atoms with Crippen LogP contribution in [0.15, 0.2) is 18.5 Å². The number of pyridine rings is 1. The highest BCUT2D eigenvalue weighted by molar-refractivity contribution is 5.51. The lowest BCUT2D eigenvalue weighted by atomic mass is 9.91. The standard InChI is InChI=1S/C18H29N3/c1-15-14-19-8-6-17(15)21-10-4-9-20(11-12-21)16-5-7-18(2,3)13-16/h6,8,14,16H,4-5,7,9-13H2,1-3H3. The first-order valence-electron chi connectivity index (χ1n) is 8.45. The largest absolute Gasteiger partial charge is 0.370 e. The third kappa shape index (κ3) is 3.39. The van der Waals surface area contributed by atoms with Gasteiger partial charge in [-0.05, 0) is 49.7 Å². The first-order chi connectivity index (χ1) is 10.1. The number of nitrogens with zero attached hydrogens (tertiary/aromatic N) is 3. The molecule has 2 fully saturated rings. The molecule has 3 heteroatoms. The van der Waals surface area contributed by atoms with Gasteiger partial charge in [-0.3, -0.25) is 9.88 Å². The summed E-state index contributed by atoms with van der Waals surface area (Å²) in [5.41, 5.74) is 3.23. The van der Waals surface area contributed by atoms with Gasteiger partial charge in [-0.25, -0.2) is 0 Å². The van der Waals surface area contributed by atoms with Crippen LogP contribution < -0.4 is 4.90 Å². The lowest BCUT2D eigenvalue weighted by Gasteiger charge is -2.29. The van der Waals surface area contributed by atoms with Gasteiger partial charge in [-0.15, -0.1) is 0 Å². The SMILES string of the molecule is Cc1cnccc1N1CCCN(C2CCC(C)(C)C2)CC1. The van der Waals surface area contributed by atoms with Gasteiger partial charge in [0.15, 0.2) is 0 Å². The Labute approximate surface area is 129 Å². The molecule has 116 valence electrons. The maximum Gasteiger partial charge on any atom is 0.0427 e. The zero-order valence-electron chi connectivity index (χ0n) is 13.8. The van der Waals surface area contributed by atoms with E-state index < -0.39 is 0 Å². The van der Waals surface area contributed by atoms with Gasteiger partial charge in [-0.1, -0.05) is 13.8 Å². The van der Waals surface area contributed by atoms with Crippen LogP contribution in [-0.2, 0) is 0 Å². The van der Waals surface area contributed by atoms with Gasteiger partial charge in [-0.2, -0.15) is 0 Å². The molecule has 0 bridgehead atoms. The fraction of sp³-hybridized carbons (Fsp3) is 0.722. The van der Waals surface area contributed by atoms with E-state index >= 15 is 0 Å². The summed E-state index contributed by atoms with van der Waals surface area (Å²) in [5.74, 6) is 0. The lowest BCUT2D eigenvalue weighted by molar-refractivity contribution is 0.199. The minimum absolute atomic E-state index is 0.554. The van der Waals surface area contributed by atoms with E-state index in [1.807, 2.05) is 12.4 Å². The second-order valence-electron chi connectivity index (χ2n) is 7.60. The Kier molecular flexibility index (Phi) is 4.21. The fourth-order valence-electron chi connectivity index (χ4n) is 4.08. The summed E-state index contributed by atoms with van der Waals surface area (Å²) in [6.07, 6.45) is 9.34. The Hall–Kier alpha value is -1.09. The van der Waals surface area contributed by atoms with Crippen LogP contribution in [0.1, 0.15) is 45.1 Å². The van der Waals surface area contributed by atoms with Crippen molar-refractivity contribution < 1.29 is 0 Å². The third-order valence-corrected chi connectivity index (χ3v) is 5.32. The first-order valence-corrected chi connectivity index (χ1v) is 8.45. The predicted octanol–water partition coefficient (Wildman–Crippen LogP) is 3.48. The van der Waals surface area contributed by atoms with Crippen LogP contribution in [0.4, 0.5) is 5.69 Å². The Bertz CT molecular complexity index is 483. The molecular formula is C18H29N3. The van der Waals surface area contributed by atoms with E-state index in [1.54, 1.807) is 0 Å². The number of rotatable bonds is 2. The van der Waals surface area contributed by atoms with E-state index in [4.69, 9.17) is 0 Å². The minimum atomic E-state index is 0.554. The van der Waals surface area contributed by atoms with E-state index in [0.717, 1.165) is 12.6 Å². The quantitative estimate of drug-likeness (QED) is 0.830. The molecule has 1 aliphatic heterocycles. The van der Waals surface area contributed by atoms with Crippen LogP contribution in [0.3, 0.4) is 0 Å². The predicted molar refractivity (Wildman–Crippen MR) is 88.8 cm³/mol. The molecule has 1 unspecified atom stereocenters. The molecule has 0 radical (unpaired) electrons. The smallest absolute Gasteiger partial charge is 0.0427 e. The van der Waals surface area contributed by atoms with Gasteiger partial charge in [0.25, 0.3) is 0 Å². The summed E-state index contributed by atoms with van der Waals surface area (Å²) in [6, 6.07) is 2.99. The molecule has 1 saturated heterocycles. The fourth-order valence-corrected chi connectivity index (χ4v) is 4.08. The van der Waals surface area contributed by atoms with Crippen LogP contribution in [0.2, 0.25) is 0 Å². The molecule has 0 N–H and O–H groups in total. The third-order valence-electron chi connectivity index (χ3n) is 5.32. The van der Waals surface area contributed by atoms with E-state index in [0.29, 0.717) is 5.41 Å². The molecule has 0 aromatic carbocycles. The molecule has 2 aliphatic rings. The summed E-state index contributed by atoms with van der Waals surface area (Å²) in [7, 11) is 0. The maximum atomic E-state index is 4.22. The first kappa shape index (κ1) is 14.8. The summed E-state index contributed by atoms with van der Waals surface area (Å²) >= 11 is 0. The molecule has 0 amide bonds. The van der Waals surface area contributed by atoms with Crippen LogP contribution in [0.25, 0.3) is 0 Å². The second kappa shape index (κ2) is 5.96. The van der Waals surface area contributed by atoms with Crippen LogP contribution in [0, 0.1) is 12.3 Å². The summed E-state index contributed by atoms with van der Waals surface area (Å²) in [4.78, 5) is 9.53. The van der Waals surface area contributed by atoms with Crippen molar-refractivity contribution in [2.75, 3.05) is 31.1 Å². The zero-order valence-corrected chi connectivity index (χ0v) is 13.8. The Morgan fingerprint density at radius 2 is 2.05 bits per heavy atom. The maximum absolute atomic E-state index is 4.22. The van der Waals surface area contributed by atoms with Gasteiger partial charge in [0.1, 0.15) is 0 Å². The number of hydrogen-bond acceptors (Lipinski definition) is 3. The lowest BCUT2D eigenvalue weighted by Crippen LogP contribution is -2.37. The molecular weight excluding hydrogens is 258 g/mol. The van der Waals surface area contributed by atoms with E-state index in [1.165, 1.54) is 56.6 Å². The van der Waals surface area contributed by atoms with E-state index in [2.05, 4.69) is 41.6 Å². The summed E-state index contributed by atoms with van der Waals surface area (Å²) in [5, 5.41) is 0. The zero-order chi connectivity index (χ0) is 14.9. The van der Waals surface area contributed by atoms with Gasteiger partial charge >= 0.3 is 0 Å². The highest BCUT2D eigenvalue weighted by atomic mass is 15.2. The molecule has 1 aliphatic carbocycles. The van der Waals surface area contributed by atoms with Crippen LogP contribution >= 0.6 is 0 Å². The van der Waals surface area contributed by atoms with Gasteiger partial charge in [0.2, 0.25) is 0 Å². The number of hydrogen-bond donors (Lipinski definition) is 0. The molecule has 1 aromatic heterocycles. The van der Waals surface area contributed by atoms with Gasteiger partial charge < -0.3 is 4.90 Å². The van der Waals surface area contributed by atoms with Crippen molar-refractivity contribution in [1.82, 2.24) is 9.88 Å². The topological polar surface area (TPSA) is 19.4 Å². The van der Waals surface area contributed by atoms with Crippen molar-refractivity contribution in [3.8, 4) is 0 Å². The minimum Gasteiger partial charge on any atom is -0.370 e. The van der Waals surface area contributed by atoms with Gasteiger partial charge in [0.05, 0.1) is 0 Å². The van der Waals surface area contributed by atoms with Crippen molar-refractivity contribution in [3.63, 3.8) is 0 Å². The Morgan fingerprint density at radius 3 is 2.76 bits per heavy atom. The van der Waals surface area contributed by atoms with Gasteiger partial charge in [0, 0.05) is 50.3 Å². The molecule has 3 rings (SSSR count). The average molecular weight is 287 g/mol. The Balaban J connectivity index is 1.64. The molecule has 1 aromatic rings. The number of aromatic nitrogens is 1. The number of anilines is 1. The molecule has 2 heterocycles. The number of aryl methyl sites for hydroxylation is 1. The van der Waals surface area contributed by atoms with E-state index in [-0.39, 0.29) is 0 Å². The Morgan fingerprint density at radius 1 is 1.19 bits per heavy atom. The van der Waals surface area contributed by atoms with Crippen molar-refractivity contribution >= 4 is 5.69 Å². The molecule has 1 atom stereocenters. The summed E-state index contributed by atoms with van der Waals surface area (Å²) in [6.45, 7) is 11.8. The normalized spacial score (nSPS) is 26.8. The molecule has 21 heavy (non-hydrogen) atoms. The average Bonchev–Trinajstić information content (AvgIpc) is 2.68. The molecule has 1 saturated carbocycles. The van der Waals surface area contributed by atoms with Crippen molar-refractivity contribution in [2.24, 2.45) is 5.41 Å².